The lowest BCUT2D eigenvalue weighted by atomic mass is 10.2. The first-order valence-corrected chi connectivity index (χ1v) is 5.94. The van der Waals surface area contributed by atoms with Crippen molar-refractivity contribution >= 4 is 6.21 Å². The lowest BCUT2D eigenvalue weighted by Gasteiger charge is -2.36. The Morgan fingerprint density at radius 3 is 2.94 bits per heavy atom. The molecule has 3 nitrogen and oxygen atoms in total. The molecule has 0 radical (unpaired) electrons. The molecule has 1 unspecified atom stereocenters. The van der Waals surface area contributed by atoms with Gasteiger partial charge in [-0.1, -0.05) is 30.3 Å². The van der Waals surface area contributed by atoms with E-state index in [1.54, 1.807) is 0 Å². The summed E-state index contributed by atoms with van der Waals surface area (Å²) in [6.07, 6.45) is 2.47. The van der Waals surface area contributed by atoms with Gasteiger partial charge in [0.15, 0.2) is 0 Å². The summed E-state index contributed by atoms with van der Waals surface area (Å²) in [6, 6.07) is 10.7. The summed E-state index contributed by atoms with van der Waals surface area (Å²) in [6.45, 7) is 5.49. The van der Waals surface area contributed by atoms with Crippen LogP contribution in [0.15, 0.2) is 35.3 Å². The van der Waals surface area contributed by atoms with Crippen LogP contribution >= 0.6 is 0 Å². The second-order valence-corrected chi connectivity index (χ2v) is 4.53. The SMILES string of the molecule is C1=NC2CN(Cc3ccccc3)CCN2C1. The molecule has 0 aliphatic carbocycles. The third-order valence-corrected chi connectivity index (χ3v) is 3.39. The Balaban J connectivity index is 1.62. The third-order valence-electron chi connectivity index (χ3n) is 3.39. The first kappa shape index (κ1) is 10.00. The number of hydrogen-bond acceptors (Lipinski definition) is 3. The van der Waals surface area contributed by atoms with Crippen molar-refractivity contribution in [2.45, 2.75) is 12.7 Å². The summed E-state index contributed by atoms with van der Waals surface area (Å²) < 4.78 is 0. The van der Waals surface area contributed by atoms with E-state index in [4.69, 9.17) is 0 Å². The predicted octanol–water partition coefficient (Wildman–Crippen LogP) is 1.21. The van der Waals surface area contributed by atoms with E-state index in [2.05, 4.69) is 51.3 Å². The van der Waals surface area contributed by atoms with Gasteiger partial charge in [0.1, 0.15) is 6.17 Å². The standard InChI is InChI=1S/C13H17N3/c1-2-4-12(5-3-1)10-15-8-9-16-7-6-14-13(16)11-15/h1-6,13H,7-11H2. The number of hydrogen-bond donors (Lipinski definition) is 0. The van der Waals surface area contributed by atoms with Gasteiger partial charge in [0.05, 0.1) is 0 Å². The van der Waals surface area contributed by atoms with Gasteiger partial charge in [-0.15, -0.1) is 0 Å². The van der Waals surface area contributed by atoms with Crippen molar-refractivity contribution in [3.05, 3.63) is 35.9 Å². The molecule has 1 fully saturated rings. The zero-order valence-electron chi connectivity index (χ0n) is 9.42. The maximum atomic E-state index is 4.51. The number of fused-ring (bicyclic) bond motifs is 1. The molecule has 84 valence electrons. The number of nitrogens with zero attached hydrogens (tertiary/aromatic N) is 3. The minimum absolute atomic E-state index is 0.414. The lowest BCUT2D eigenvalue weighted by molar-refractivity contribution is 0.0971. The normalized spacial score (nSPS) is 25.9. The summed E-state index contributed by atoms with van der Waals surface area (Å²) in [5, 5.41) is 0. The molecule has 0 N–H and O–H groups in total. The molecule has 0 bridgehead atoms. The van der Waals surface area contributed by atoms with E-state index in [1.807, 2.05) is 0 Å². The van der Waals surface area contributed by atoms with Gasteiger partial charge in [0.2, 0.25) is 0 Å². The Bertz CT molecular complexity index is 374. The topological polar surface area (TPSA) is 18.8 Å². The third kappa shape index (κ3) is 2.01. The average Bonchev–Trinajstić information content (AvgIpc) is 2.77. The molecule has 0 amide bonds. The molecule has 0 saturated carbocycles. The monoisotopic (exact) mass is 215 g/mol. The molecule has 1 aromatic carbocycles. The average molecular weight is 215 g/mol. The molecule has 2 heterocycles. The van der Waals surface area contributed by atoms with Crippen LogP contribution in [0.1, 0.15) is 5.56 Å². The van der Waals surface area contributed by atoms with Crippen LogP contribution in [0.3, 0.4) is 0 Å². The van der Waals surface area contributed by atoms with Crippen LogP contribution in [0.4, 0.5) is 0 Å². The van der Waals surface area contributed by atoms with Crippen LogP contribution in [0.5, 0.6) is 0 Å². The molecule has 2 aliphatic rings. The molecule has 0 aromatic heterocycles. The van der Waals surface area contributed by atoms with Crippen LogP contribution in [0.2, 0.25) is 0 Å². The minimum Gasteiger partial charge on any atom is -0.294 e. The van der Waals surface area contributed by atoms with Crippen molar-refractivity contribution in [1.29, 1.82) is 0 Å². The molecular weight excluding hydrogens is 198 g/mol. The van der Waals surface area contributed by atoms with E-state index in [-0.39, 0.29) is 0 Å². The Morgan fingerprint density at radius 1 is 1.19 bits per heavy atom. The number of benzene rings is 1. The van der Waals surface area contributed by atoms with Crippen molar-refractivity contribution in [3.8, 4) is 0 Å². The van der Waals surface area contributed by atoms with Gasteiger partial charge in [-0.25, -0.2) is 0 Å². The molecule has 1 aromatic rings. The first-order chi connectivity index (χ1) is 7.92. The smallest absolute Gasteiger partial charge is 0.115 e. The van der Waals surface area contributed by atoms with Crippen LogP contribution in [-0.4, -0.2) is 48.4 Å². The van der Waals surface area contributed by atoms with Crippen LogP contribution in [-0.2, 0) is 6.54 Å². The highest BCUT2D eigenvalue weighted by Gasteiger charge is 2.28. The maximum Gasteiger partial charge on any atom is 0.115 e. The maximum absolute atomic E-state index is 4.51. The van der Waals surface area contributed by atoms with Crippen molar-refractivity contribution in [2.24, 2.45) is 4.99 Å². The van der Waals surface area contributed by atoms with Crippen molar-refractivity contribution in [2.75, 3.05) is 26.2 Å². The molecule has 16 heavy (non-hydrogen) atoms. The highest BCUT2D eigenvalue weighted by Crippen LogP contribution is 2.15. The van der Waals surface area contributed by atoms with Crippen LogP contribution < -0.4 is 0 Å². The van der Waals surface area contributed by atoms with Gasteiger partial charge >= 0.3 is 0 Å². The zero-order valence-corrected chi connectivity index (χ0v) is 9.42. The number of aliphatic imine (C=N–C) groups is 1. The Hall–Kier alpha value is -1.19. The summed E-state index contributed by atoms with van der Waals surface area (Å²) >= 11 is 0. The number of rotatable bonds is 2. The molecular formula is C13H17N3. The molecule has 0 spiro atoms. The first-order valence-electron chi connectivity index (χ1n) is 5.94. The van der Waals surface area contributed by atoms with E-state index < -0.39 is 0 Å². The predicted molar refractivity (Wildman–Crippen MR) is 65.6 cm³/mol. The molecule has 1 saturated heterocycles. The fourth-order valence-electron chi connectivity index (χ4n) is 2.47. The van der Waals surface area contributed by atoms with Crippen LogP contribution in [0.25, 0.3) is 0 Å². The molecule has 1 atom stereocenters. The summed E-state index contributed by atoms with van der Waals surface area (Å²) in [7, 11) is 0. The summed E-state index contributed by atoms with van der Waals surface area (Å²) in [5.74, 6) is 0. The fourth-order valence-corrected chi connectivity index (χ4v) is 2.47. The van der Waals surface area contributed by atoms with Gasteiger partial charge in [0.25, 0.3) is 0 Å². The highest BCUT2D eigenvalue weighted by molar-refractivity contribution is 5.62. The van der Waals surface area contributed by atoms with Gasteiger partial charge < -0.3 is 0 Å². The van der Waals surface area contributed by atoms with Crippen LogP contribution in [0, 0.1) is 0 Å². The van der Waals surface area contributed by atoms with E-state index in [0.717, 1.165) is 32.7 Å². The van der Waals surface area contributed by atoms with Gasteiger partial charge in [-0.2, -0.15) is 0 Å². The fraction of sp³-hybridized carbons (Fsp3) is 0.462. The summed E-state index contributed by atoms with van der Waals surface area (Å²) in [4.78, 5) is 9.45. The number of piperazine rings is 1. The second kappa shape index (κ2) is 4.36. The Morgan fingerprint density at radius 2 is 2.06 bits per heavy atom. The van der Waals surface area contributed by atoms with Crippen molar-refractivity contribution in [1.82, 2.24) is 9.80 Å². The second-order valence-electron chi connectivity index (χ2n) is 4.53. The Labute approximate surface area is 96.4 Å². The van der Waals surface area contributed by atoms with Gasteiger partial charge in [0, 0.05) is 38.9 Å². The Kier molecular flexibility index (Phi) is 2.72. The van der Waals surface area contributed by atoms with Gasteiger partial charge in [-0.3, -0.25) is 14.8 Å². The molecule has 2 aliphatic heterocycles. The highest BCUT2D eigenvalue weighted by atomic mass is 15.4. The van der Waals surface area contributed by atoms with E-state index in [0.29, 0.717) is 6.17 Å². The van der Waals surface area contributed by atoms with E-state index in [1.165, 1.54) is 5.56 Å². The molecule has 3 rings (SSSR count). The van der Waals surface area contributed by atoms with Crippen molar-refractivity contribution in [3.63, 3.8) is 0 Å². The zero-order chi connectivity index (χ0) is 10.8. The largest absolute Gasteiger partial charge is 0.294 e. The lowest BCUT2D eigenvalue weighted by Crippen LogP contribution is -2.49. The minimum atomic E-state index is 0.414. The van der Waals surface area contributed by atoms with E-state index in [9.17, 15) is 0 Å². The van der Waals surface area contributed by atoms with Gasteiger partial charge in [-0.05, 0) is 5.56 Å². The quantitative estimate of drug-likeness (QED) is 0.738. The van der Waals surface area contributed by atoms with Crippen molar-refractivity contribution < 1.29 is 0 Å². The van der Waals surface area contributed by atoms with E-state index >= 15 is 0 Å². The summed E-state index contributed by atoms with van der Waals surface area (Å²) in [5.41, 5.74) is 1.40. The molecule has 3 heteroatoms.